The lowest BCUT2D eigenvalue weighted by Crippen LogP contribution is -2.46. The van der Waals surface area contributed by atoms with Crippen LogP contribution in [0.3, 0.4) is 0 Å². The van der Waals surface area contributed by atoms with E-state index in [2.05, 4.69) is 16.0 Å². The van der Waals surface area contributed by atoms with E-state index < -0.39 is 0 Å². The molecule has 1 aliphatic heterocycles. The van der Waals surface area contributed by atoms with Crippen LogP contribution in [0, 0.1) is 0 Å². The smallest absolute Gasteiger partial charge is 0.409 e. The zero-order chi connectivity index (χ0) is 23.3. The Morgan fingerprint density at radius 3 is 2.44 bits per heavy atom. The number of hydrogen-bond donors (Lipinski definition) is 3. The molecule has 1 aromatic rings. The van der Waals surface area contributed by atoms with E-state index in [4.69, 9.17) is 4.74 Å². The Morgan fingerprint density at radius 1 is 1.09 bits per heavy atom. The van der Waals surface area contributed by atoms with Gasteiger partial charge in [0.25, 0.3) is 5.91 Å². The summed E-state index contributed by atoms with van der Waals surface area (Å²) in [7, 11) is 0. The van der Waals surface area contributed by atoms with Crippen LogP contribution in [0.25, 0.3) is 0 Å². The molecule has 9 nitrogen and oxygen atoms in total. The molecule has 4 amide bonds. The molecule has 32 heavy (non-hydrogen) atoms. The number of piperidine rings is 1. The van der Waals surface area contributed by atoms with Gasteiger partial charge < -0.3 is 25.6 Å². The second kappa shape index (κ2) is 13.3. The number of nitrogens with zero attached hydrogens (tertiary/aromatic N) is 1. The van der Waals surface area contributed by atoms with E-state index in [-0.39, 0.29) is 42.3 Å². The highest BCUT2D eigenvalue weighted by atomic mass is 16.6. The van der Waals surface area contributed by atoms with Crippen LogP contribution in [0.4, 0.5) is 4.79 Å². The summed E-state index contributed by atoms with van der Waals surface area (Å²) in [5.74, 6) is -0.439. The van der Waals surface area contributed by atoms with Gasteiger partial charge in [0.05, 0.1) is 6.61 Å². The third kappa shape index (κ3) is 8.95. The van der Waals surface area contributed by atoms with E-state index >= 15 is 0 Å². The Kier molecular flexibility index (Phi) is 10.5. The zero-order valence-electron chi connectivity index (χ0n) is 18.9. The Morgan fingerprint density at radius 2 is 1.78 bits per heavy atom. The second-order valence-electron chi connectivity index (χ2n) is 7.93. The van der Waals surface area contributed by atoms with E-state index in [1.165, 1.54) is 0 Å². The number of rotatable bonds is 10. The fourth-order valence-corrected chi connectivity index (χ4v) is 3.50. The van der Waals surface area contributed by atoms with Crippen molar-refractivity contribution in [1.82, 2.24) is 20.9 Å². The van der Waals surface area contributed by atoms with Gasteiger partial charge in [-0.1, -0.05) is 18.2 Å². The van der Waals surface area contributed by atoms with Crippen molar-refractivity contribution in [3.63, 3.8) is 0 Å². The molecule has 0 aliphatic carbocycles. The quantitative estimate of drug-likeness (QED) is 0.474. The highest BCUT2D eigenvalue weighted by molar-refractivity contribution is 5.94. The molecule has 0 spiro atoms. The van der Waals surface area contributed by atoms with Gasteiger partial charge in [0.1, 0.15) is 0 Å². The fourth-order valence-electron chi connectivity index (χ4n) is 3.50. The van der Waals surface area contributed by atoms with Crippen LogP contribution in [0.15, 0.2) is 30.3 Å². The van der Waals surface area contributed by atoms with Gasteiger partial charge in [0.15, 0.2) is 0 Å². The number of hydrogen-bond acceptors (Lipinski definition) is 5. The van der Waals surface area contributed by atoms with Gasteiger partial charge in [-0.05, 0) is 45.2 Å². The maximum Gasteiger partial charge on any atom is 0.409 e. The van der Waals surface area contributed by atoms with Crippen molar-refractivity contribution >= 4 is 23.8 Å². The molecule has 2 rings (SSSR count). The van der Waals surface area contributed by atoms with Crippen molar-refractivity contribution < 1.29 is 23.9 Å². The molecule has 1 atom stereocenters. The van der Waals surface area contributed by atoms with Crippen LogP contribution in [-0.2, 0) is 14.3 Å². The van der Waals surface area contributed by atoms with Gasteiger partial charge in [0.2, 0.25) is 11.8 Å². The molecule has 176 valence electrons. The van der Waals surface area contributed by atoms with Gasteiger partial charge in [0, 0.05) is 50.1 Å². The Balaban J connectivity index is 1.55. The average molecular weight is 447 g/mol. The Bertz CT molecular complexity index is 763. The van der Waals surface area contributed by atoms with Crippen molar-refractivity contribution in [1.29, 1.82) is 0 Å². The molecular formula is C23H34N4O5. The molecule has 3 N–H and O–H groups in total. The summed E-state index contributed by atoms with van der Waals surface area (Å²) in [5, 5.41) is 8.58. The lowest BCUT2D eigenvalue weighted by Gasteiger charge is -2.31. The number of nitrogens with one attached hydrogen (secondary N) is 3. The molecule has 9 heteroatoms. The van der Waals surface area contributed by atoms with Gasteiger partial charge in [-0.2, -0.15) is 0 Å². The minimum absolute atomic E-state index is 0.0526. The molecule has 1 saturated heterocycles. The van der Waals surface area contributed by atoms with Crippen LogP contribution >= 0.6 is 0 Å². The van der Waals surface area contributed by atoms with Gasteiger partial charge in [-0.25, -0.2) is 4.79 Å². The molecule has 0 aromatic heterocycles. The Hall–Kier alpha value is -3.10. The minimum Gasteiger partial charge on any atom is -0.450 e. The van der Waals surface area contributed by atoms with Crippen molar-refractivity contribution in [2.24, 2.45) is 0 Å². The first-order valence-corrected chi connectivity index (χ1v) is 11.2. The SMILES string of the molecule is CCOC(=O)N1CCC(NC(=O)CCCNC(=O)CC(C)NC(=O)c2ccccc2)CC1. The molecular weight excluding hydrogens is 412 g/mol. The summed E-state index contributed by atoms with van der Waals surface area (Å²) in [4.78, 5) is 49.7. The second-order valence-corrected chi connectivity index (χ2v) is 7.93. The first-order valence-electron chi connectivity index (χ1n) is 11.2. The third-order valence-electron chi connectivity index (χ3n) is 5.19. The fraction of sp³-hybridized carbons (Fsp3) is 0.565. The highest BCUT2D eigenvalue weighted by Gasteiger charge is 2.24. The summed E-state index contributed by atoms with van der Waals surface area (Å²) in [6, 6.07) is 8.60. The van der Waals surface area contributed by atoms with Gasteiger partial charge in [-0.15, -0.1) is 0 Å². The zero-order valence-corrected chi connectivity index (χ0v) is 18.9. The van der Waals surface area contributed by atoms with E-state index in [1.54, 1.807) is 43.0 Å². The minimum atomic E-state index is -0.304. The molecule has 1 heterocycles. The predicted molar refractivity (Wildman–Crippen MR) is 120 cm³/mol. The maximum absolute atomic E-state index is 12.1. The molecule has 1 unspecified atom stereocenters. The van der Waals surface area contributed by atoms with Crippen molar-refractivity contribution in [3.05, 3.63) is 35.9 Å². The van der Waals surface area contributed by atoms with Crippen LogP contribution in [0.5, 0.6) is 0 Å². The normalized spacial score (nSPS) is 14.9. The van der Waals surface area contributed by atoms with E-state index in [0.29, 0.717) is 57.5 Å². The maximum atomic E-state index is 12.1. The number of ether oxygens (including phenoxy) is 1. The molecule has 0 bridgehead atoms. The predicted octanol–water partition coefficient (Wildman–Crippen LogP) is 1.83. The highest BCUT2D eigenvalue weighted by Crippen LogP contribution is 2.12. The topological polar surface area (TPSA) is 117 Å². The average Bonchev–Trinajstić information content (AvgIpc) is 2.78. The first kappa shape index (κ1) is 25.2. The molecule has 1 fully saturated rings. The number of carbonyl (C=O) groups is 4. The summed E-state index contributed by atoms with van der Waals surface area (Å²) in [6.45, 7) is 5.44. The lowest BCUT2D eigenvalue weighted by atomic mass is 10.1. The summed E-state index contributed by atoms with van der Waals surface area (Å²) in [5.41, 5.74) is 0.553. The standard InChI is InChI=1S/C23H34N4O5/c1-3-32-23(31)27-14-11-19(12-15-27)26-20(28)10-7-13-24-21(29)16-17(2)25-22(30)18-8-5-4-6-9-18/h4-6,8-9,17,19H,3,7,10-16H2,1-2H3,(H,24,29)(H,25,30)(H,26,28). The Labute approximate surface area is 189 Å². The van der Waals surface area contributed by atoms with Crippen molar-refractivity contribution in [2.75, 3.05) is 26.2 Å². The van der Waals surface area contributed by atoms with E-state index in [1.807, 2.05) is 6.07 Å². The van der Waals surface area contributed by atoms with Gasteiger partial charge >= 0.3 is 6.09 Å². The summed E-state index contributed by atoms with van der Waals surface area (Å²) >= 11 is 0. The van der Waals surface area contributed by atoms with E-state index in [0.717, 1.165) is 0 Å². The van der Waals surface area contributed by atoms with Gasteiger partial charge in [-0.3, -0.25) is 14.4 Å². The molecule has 0 radical (unpaired) electrons. The van der Waals surface area contributed by atoms with Crippen molar-refractivity contribution in [3.8, 4) is 0 Å². The van der Waals surface area contributed by atoms with Crippen LogP contribution in [0.2, 0.25) is 0 Å². The first-order chi connectivity index (χ1) is 15.4. The van der Waals surface area contributed by atoms with Crippen molar-refractivity contribution in [2.45, 2.75) is 58.0 Å². The summed E-state index contributed by atoms with van der Waals surface area (Å²) < 4.78 is 4.99. The number of benzene rings is 1. The van der Waals surface area contributed by atoms with Crippen LogP contribution in [0.1, 0.15) is 56.3 Å². The number of amides is 4. The third-order valence-corrected chi connectivity index (χ3v) is 5.19. The molecule has 0 saturated carbocycles. The van der Waals surface area contributed by atoms with Crippen LogP contribution in [-0.4, -0.2) is 67.0 Å². The van der Waals surface area contributed by atoms with Crippen LogP contribution < -0.4 is 16.0 Å². The molecule has 1 aromatic carbocycles. The van der Waals surface area contributed by atoms with E-state index in [9.17, 15) is 19.2 Å². The monoisotopic (exact) mass is 446 g/mol. The lowest BCUT2D eigenvalue weighted by molar-refractivity contribution is -0.123. The molecule has 1 aliphatic rings. The summed E-state index contributed by atoms with van der Waals surface area (Å²) in [6.07, 6.45) is 2.12. The number of likely N-dealkylation sites (tertiary alicyclic amines) is 1. The largest absolute Gasteiger partial charge is 0.450 e. The number of carbonyl (C=O) groups excluding carboxylic acids is 4.